The summed E-state index contributed by atoms with van der Waals surface area (Å²) in [6, 6.07) is 17.8. The van der Waals surface area contributed by atoms with Crippen molar-refractivity contribution in [1.82, 2.24) is 5.43 Å². The van der Waals surface area contributed by atoms with Crippen LogP contribution in [0.2, 0.25) is 15.1 Å². The van der Waals surface area contributed by atoms with Crippen LogP contribution >= 0.6 is 34.8 Å². The van der Waals surface area contributed by atoms with E-state index in [0.717, 1.165) is 11.3 Å². The van der Waals surface area contributed by atoms with Crippen LogP contribution in [0.15, 0.2) is 65.8 Å². The van der Waals surface area contributed by atoms with E-state index in [4.69, 9.17) is 44.3 Å². The third-order valence-corrected chi connectivity index (χ3v) is 5.11. The number of nitrogens with one attached hydrogen (secondary N) is 2. The van der Waals surface area contributed by atoms with Gasteiger partial charge in [-0.2, -0.15) is 5.10 Å². The maximum Gasteiger partial charge on any atom is 0.259 e. The number of amides is 1. The molecule has 0 aliphatic carbocycles. The molecule has 0 aliphatic rings. The van der Waals surface area contributed by atoms with Crippen molar-refractivity contribution in [3.05, 3.63) is 86.9 Å². The van der Waals surface area contributed by atoms with E-state index in [1.807, 2.05) is 19.1 Å². The van der Waals surface area contributed by atoms with E-state index in [0.29, 0.717) is 45.3 Å². The smallest absolute Gasteiger partial charge is 0.259 e. The first kappa shape index (κ1) is 24.7. The van der Waals surface area contributed by atoms with Gasteiger partial charge in [0.2, 0.25) is 0 Å². The minimum Gasteiger partial charge on any atom is -0.490 e. The predicted octanol–water partition coefficient (Wildman–Crippen LogP) is 6.19. The first-order valence-electron chi connectivity index (χ1n) is 10.1. The fraction of sp³-hybridized carbons (Fsp3) is 0.167. The quantitative estimate of drug-likeness (QED) is 0.254. The Labute approximate surface area is 207 Å². The highest BCUT2D eigenvalue weighted by Crippen LogP contribution is 2.37. The summed E-state index contributed by atoms with van der Waals surface area (Å²) in [5, 5.41) is 8.62. The van der Waals surface area contributed by atoms with Crippen LogP contribution in [-0.4, -0.2) is 25.3 Å². The number of nitrogens with zero attached hydrogens (tertiary/aromatic N) is 1. The van der Waals surface area contributed by atoms with Gasteiger partial charge in [-0.3, -0.25) is 4.79 Å². The highest BCUT2D eigenvalue weighted by atomic mass is 35.5. The minimum absolute atomic E-state index is 0.0569. The van der Waals surface area contributed by atoms with Crippen molar-refractivity contribution in [3.8, 4) is 11.5 Å². The fourth-order valence-corrected chi connectivity index (χ4v) is 3.30. The minimum atomic E-state index is -0.305. The molecule has 3 aromatic carbocycles. The molecule has 0 aliphatic heterocycles. The molecule has 9 heteroatoms. The van der Waals surface area contributed by atoms with Gasteiger partial charge in [0, 0.05) is 15.7 Å². The first-order valence-corrected chi connectivity index (χ1v) is 11.2. The monoisotopic (exact) mass is 505 g/mol. The Morgan fingerprint density at radius 3 is 2.30 bits per heavy atom. The van der Waals surface area contributed by atoms with Crippen molar-refractivity contribution in [2.45, 2.75) is 13.5 Å². The molecule has 3 rings (SSSR count). The van der Waals surface area contributed by atoms with E-state index in [9.17, 15) is 4.79 Å². The van der Waals surface area contributed by atoms with Crippen LogP contribution in [-0.2, 0) is 11.4 Å². The van der Waals surface area contributed by atoms with Crippen LogP contribution in [0.5, 0.6) is 11.5 Å². The Hall–Kier alpha value is -2.93. The summed E-state index contributed by atoms with van der Waals surface area (Å²) in [6.45, 7) is 2.66. The van der Waals surface area contributed by atoms with E-state index < -0.39 is 0 Å². The van der Waals surface area contributed by atoms with Crippen LogP contribution in [0.25, 0.3) is 0 Å². The molecule has 6 nitrogen and oxygen atoms in total. The first-order chi connectivity index (χ1) is 15.9. The Kier molecular flexibility index (Phi) is 9.24. The zero-order valence-corrected chi connectivity index (χ0v) is 20.0. The van der Waals surface area contributed by atoms with Gasteiger partial charge in [-0.05, 0) is 66.6 Å². The number of carbonyl (C=O) groups is 1. The highest BCUT2D eigenvalue weighted by Gasteiger charge is 2.13. The van der Waals surface area contributed by atoms with E-state index in [2.05, 4.69) is 15.8 Å². The SMILES string of the molecule is CCOc1cc(/C=N\NC(=O)CNc2ccc(Cl)cc2)cc(Cl)c1OCc1ccc(Cl)cc1. The van der Waals surface area contributed by atoms with Gasteiger partial charge in [0.25, 0.3) is 5.91 Å². The van der Waals surface area contributed by atoms with Gasteiger partial charge >= 0.3 is 0 Å². The number of halogens is 3. The summed E-state index contributed by atoms with van der Waals surface area (Å²) in [5.41, 5.74) is 4.83. The third kappa shape index (κ3) is 7.86. The molecule has 33 heavy (non-hydrogen) atoms. The maximum absolute atomic E-state index is 12.0. The van der Waals surface area contributed by atoms with Crippen molar-refractivity contribution in [2.75, 3.05) is 18.5 Å². The zero-order chi connectivity index (χ0) is 23.6. The topological polar surface area (TPSA) is 72.0 Å². The number of hydrazone groups is 1. The average molecular weight is 507 g/mol. The zero-order valence-electron chi connectivity index (χ0n) is 17.8. The molecule has 0 radical (unpaired) electrons. The van der Waals surface area contributed by atoms with Crippen LogP contribution in [0, 0.1) is 0 Å². The van der Waals surface area contributed by atoms with Gasteiger partial charge in [0.1, 0.15) is 6.61 Å². The molecule has 0 aromatic heterocycles. The van der Waals surface area contributed by atoms with Crippen molar-refractivity contribution in [3.63, 3.8) is 0 Å². The van der Waals surface area contributed by atoms with Crippen LogP contribution < -0.4 is 20.2 Å². The molecule has 0 fully saturated rings. The summed E-state index contributed by atoms with van der Waals surface area (Å²) in [7, 11) is 0. The summed E-state index contributed by atoms with van der Waals surface area (Å²) in [5.74, 6) is 0.609. The molecule has 0 heterocycles. The summed E-state index contributed by atoms with van der Waals surface area (Å²) < 4.78 is 11.6. The number of rotatable bonds is 10. The Bertz CT molecular complexity index is 1100. The number of hydrogen-bond donors (Lipinski definition) is 2. The summed E-state index contributed by atoms with van der Waals surface area (Å²) in [6.07, 6.45) is 1.48. The van der Waals surface area contributed by atoms with Gasteiger partial charge < -0.3 is 14.8 Å². The van der Waals surface area contributed by atoms with Crippen molar-refractivity contribution in [1.29, 1.82) is 0 Å². The average Bonchev–Trinajstić information content (AvgIpc) is 2.79. The standard InChI is InChI=1S/C24H22Cl3N3O3/c1-2-32-22-12-17(11-21(27)24(22)33-15-16-3-5-18(25)6-4-16)13-29-30-23(31)14-28-20-9-7-19(26)8-10-20/h3-13,28H,2,14-15H2,1H3,(H,30,31)/b29-13-. The van der Waals surface area contributed by atoms with E-state index in [-0.39, 0.29) is 12.5 Å². The highest BCUT2D eigenvalue weighted by molar-refractivity contribution is 6.32. The molecular formula is C24H22Cl3N3O3. The number of hydrogen-bond acceptors (Lipinski definition) is 5. The number of benzene rings is 3. The van der Waals surface area contributed by atoms with Crippen LogP contribution in [0.4, 0.5) is 5.69 Å². The van der Waals surface area contributed by atoms with Gasteiger partial charge in [-0.25, -0.2) is 5.43 Å². The number of carbonyl (C=O) groups excluding carboxylic acids is 1. The van der Waals surface area contributed by atoms with Gasteiger partial charge in [-0.1, -0.05) is 46.9 Å². The molecular weight excluding hydrogens is 485 g/mol. The molecule has 172 valence electrons. The summed E-state index contributed by atoms with van der Waals surface area (Å²) in [4.78, 5) is 12.0. The second kappa shape index (κ2) is 12.3. The lowest BCUT2D eigenvalue weighted by atomic mass is 10.2. The van der Waals surface area contributed by atoms with Gasteiger partial charge in [0.05, 0.1) is 24.4 Å². The molecule has 0 saturated carbocycles. The van der Waals surface area contributed by atoms with Gasteiger partial charge in [0.15, 0.2) is 11.5 Å². The molecule has 3 aromatic rings. The third-order valence-electron chi connectivity index (χ3n) is 4.33. The lowest BCUT2D eigenvalue weighted by Gasteiger charge is -2.14. The molecule has 0 unspecified atom stereocenters. The lowest BCUT2D eigenvalue weighted by molar-refractivity contribution is -0.119. The number of anilines is 1. The second-order valence-corrected chi connectivity index (χ2v) is 8.11. The Morgan fingerprint density at radius 2 is 1.64 bits per heavy atom. The normalized spacial score (nSPS) is 10.8. The van der Waals surface area contributed by atoms with Crippen LogP contribution in [0.3, 0.4) is 0 Å². The lowest BCUT2D eigenvalue weighted by Crippen LogP contribution is -2.25. The van der Waals surface area contributed by atoms with Crippen molar-refractivity contribution >= 4 is 52.6 Å². The molecule has 0 spiro atoms. The van der Waals surface area contributed by atoms with E-state index >= 15 is 0 Å². The largest absolute Gasteiger partial charge is 0.490 e. The Balaban J connectivity index is 1.60. The Morgan fingerprint density at radius 1 is 0.970 bits per heavy atom. The molecule has 0 saturated heterocycles. The van der Waals surface area contributed by atoms with E-state index in [1.165, 1.54) is 6.21 Å². The molecule has 2 N–H and O–H groups in total. The van der Waals surface area contributed by atoms with Crippen molar-refractivity contribution < 1.29 is 14.3 Å². The molecule has 0 atom stereocenters. The fourth-order valence-electron chi connectivity index (χ4n) is 2.77. The van der Waals surface area contributed by atoms with Gasteiger partial charge in [-0.15, -0.1) is 0 Å². The van der Waals surface area contributed by atoms with Crippen molar-refractivity contribution in [2.24, 2.45) is 5.10 Å². The second-order valence-electron chi connectivity index (χ2n) is 6.83. The maximum atomic E-state index is 12.0. The van der Waals surface area contributed by atoms with E-state index in [1.54, 1.807) is 48.5 Å². The predicted molar refractivity (Wildman–Crippen MR) is 134 cm³/mol. The molecule has 1 amide bonds. The van der Waals surface area contributed by atoms with Crippen LogP contribution in [0.1, 0.15) is 18.1 Å². The summed E-state index contributed by atoms with van der Waals surface area (Å²) >= 11 is 18.2. The number of ether oxygens (including phenoxy) is 2. The molecule has 0 bridgehead atoms.